The first-order chi connectivity index (χ1) is 9.06. The average Bonchev–Trinajstić information content (AvgIpc) is 2.39. The molecule has 0 aliphatic rings. The maximum Gasteiger partial charge on any atom is 0.130 e. The van der Waals surface area contributed by atoms with Crippen molar-refractivity contribution in [1.29, 1.82) is 0 Å². The standard InChI is InChI=1S/C14H14BrFN2O/c1-9(17)13-6-11(16)3-5-14(13)19-8-12-4-2-10(15)7-18-12/h2-7,9H,8,17H2,1H3/t9-/m1/s1. The molecule has 0 aliphatic heterocycles. The van der Waals surface area contributed by atoms with Crippen molar-refractivity contribution in [1.82, 2.24) is 4.98 Å². The summed E-state index contributed by atoms with van der Waals surface area (Å²) in [6.07, 6.45) is 1.70. The quantitative estimate of drug-likeness (QED) is 0.935. The van der Waals surface area contributed by atoms with E-state index in [-0.39, 0.29) is 11.9 Å². The zero-order valence-electron chi connectivity index (χ0n) is 10.4. The van der Waals surface area contributed by atoms with Crippen LogP contribution < -0.4 is 10.5 Å². The molecule has 5 heteroatoms. The number of nitrogens with two attached hydrogens (primary N) is 1. The van der Waals surface area contributed by atoms with Gasteiger partial charge in [-0.2, -0.15) is 0 Å². The Morgan fingerprint density at radius 1 is 1.37 bits per heavy atom. The summed E-state index contributed by atoms with van der Waals surface area (Å²) in [5.74, 6) is 0.266. The van der Waals surface area contributed by atoms with Crippen molar-refractivity contribution in [2.45, 2.75) is 19.6 Å². The first-order valence-electron chi connectivity index (χ1n) is 5.84. The Bertz CT molecular complexity index is 558. The third-order valence-electron chi connectivity index (χ3n) is 2.63. The molecular weight excluding hydrogens is 311 g/mol. The van der Waals surface area contributed by atoms with E-state index in [4.69, 9.17) is 10.5 Å². The SMILES string of the molecule is C[C@@H](N)c1cc(F)ccc1OCc1ccc(Br)cn1. The Kier molecular flexibility index (Phi) is 4.50. The number of benzene rings is 1. The van der Waals surface area contributed by atoms with E-state index in [0.29, 0.717) is 17.9 Å². The summed E-state index contributed by atoms with van der Waals surface area (Å²) >= 11 is 3.32. The highest BCUT2D eigenvalue weighted by Gasteiger charge is 2.10. The van der Waals surface area contributed by atoms with E-state index < -0.39 is 0 Å². The Labute approximate surface area is 119 Å². The number of aromatic nitrogens is 1. The van der Waals surface area contributed by atoms with Crippen LogP contribution in [0.5, 0.6) is 5.75 Å². The normalized spacial score (nSPS) is 12.2. The highest BCUT2D eigenvalue weighted by molar-refractivity contribution is 9.10. The van der Waals surface area contributed by atoms with Gasteiger partial charge in [-0.25, -0.2) is 4.39 Å². The van der Waals surface area contributed by atoms with Crippen LogP contribution in [0, 0.1) is 5.82 Å². The molecule has 0 aliphatic carbocycles. The van der Waals surface area contributed by atoms with Crippen molar-refractivity contribution in [2.75, 3.05) is 0 Å². The summed E-state index contributed by atoms with van der Waals surface area (Å²) < 4.78 is 19.8. The van der Waals surface area contributed by atoms with Crippen LogP contribution in [-0.4, -0.2) is 4.98 Å². The van der Waals surface area contributed by atoms with Gasteiger partial charge >= 0.3 is 0 Å². The minimum absolute atomic E-state index is 0.288. The van der Waals surface area contributed by atoms with E-state index in [2.05, 4.69) is 20.9 Å². The Hall–Kier alpha value is -1.46. The summed E-state index contributed by atoms with van der Waals surface area (Å²) in [6, 6.07) is 7.81. The van der Waals surface area contributed by atoms with Gasteiger partial charge in [0.1, 0.15) is 18.2 Å². The second-order valence-electron chi connectivity index (χ2n) is 4.23. The molecule has 3 nitrogen and oxygen atoms in total. The third-order valence-corrected chi connectivity index (χ3v) is 3.10. The minimum Gasteiger partial charge on any atom is -0.487 e. The highest BCUT2D eigenvalue weighted by Crippen LogP contribution is 2.25. The van der Waals surface area contributed by atoms with Gasteiger partial charge in [-0.3, -0.25) is 4.98 Å². The molecule has 0 fully saturated rings. The van der Waals surface area contributed by atoms with Gasteiger partial charge in [0.15, 0.2) is 0 Å². The van der Waals surface area contributed by atoms with Crippen molar-refractivity contribution >= 4 is 15.9 Å². The molecule has 0 unspecified atom stereocenters. The van der Waals surface area contributed by atoms with E-state index in [1.54, 1.807) is 19.2 Å². The van der Waals surface area contributed by atoms with Crippen LogP contribution >= 0.6 is 15.9 Å². The molecule has 2 aromatic rings. The molecule has 0 saturated carbocycles. The Morgan fingerprint density at radius 3 is 2.79 bits per heavy atom. The van der Waals surface area contributed by atoms with Gasteiger partial charge < -0.3 is 10.5 Å². The molecule has 1 aromatic heterocycles. The van der Waals surface area contributed by atoms with Gasteiger partial charge in [0, 0.05) is 22.3 Å². The van der Waals surface area contributed by atoms with Crippen LogP contribution in [0.3, 0.4) is 0 Å². The fourth-order valence-corrected chi connectivity index (χ4v) is 1.88. The first kappa shape index (κ1) is 14.0. The van der Waals surface area contributed by atoms with Gasteiger partial charge in [-0.1, -0.05) is 0 Å². The number of ether oxygens (including phenoxy) is 1. The zero-order chi connectivity index (χ0) is 13.8. The van der Waals surface area contributed by atoms with Crippen LogP contribution in [0.25, 0.3) is 0 Å². The topological polar surface area (TPSA) is 48.1 Å². The van der Waals surface area contributed by atoms with Crippen LogP contribution in [0.1, 0.15) is 24.2 Å². The number of hydrogen-bond acceptors (Lipinski definition) is 3. The zero-order valence-corrected chi connectivity index (χ0v) is 12.0. The monoisotopic (exact) mass is 324 g/mol. The summed E-state index contributed by atoms with van der Waals surface area (Å²) in [4.78, 5) is 4.21. The van der Waals surface area contributed by atoms with E-state index in [0.717, 1.165) is 10.2 Å². The second kappa shape index (κ2) is 6.12. The molecule has 0 spiro atoms. The Morgan fingerprint density at radius 2 is 2.16 bits per heavy atom. The largest absolute Gasteiger partial charge is 0.487 e. The maximum atomic E-state index is 13.2. The van der Waals surface area contributed by atoms with E-state index >= 15 is 0 Å². The number of hydrogen-bond donors (Lipinski definition) is 1. The third kappa shape index (κ3) is 3.75. The lowest BCUT2D eigenvalue weighted by atomic mass is 10.1. The van der Waals surface area contributed by atoms with Crippen molar-refractivity contribution < 1.29 is 9.13 Å². The van der Waals surface area contributed by atoms with Gasteiger partial charge in [0.2, 0.25) is 0 Å². The van der Waals surface area contributed by atoms with Crippen molar-refractivity contribution in [2.24, 2.45) is 5.73 Å². The van der Waals surface area contributed by atoms with Gasteiger partial charge in [0.25, 0.3) is 0 Å². The molecule has 0 saturated heterocycles. The van der Waals surface area contributed by atoms with Crippen molar-refractivity contribution in [3.8, 4) is 5.75 Å². The predicted octanol–water partition coefficient (Wildman–Crippen LogP) is 3.58. The molecule has 0 amide bonds. The second-order valence-corrected chi connectivity index (χ2v) is 5.14. The lowest BCUT2D eigenvalue weighted by Crippen LogP contribution is -2.09. The minimum atomic E-state index is -0.318. The lowest BCUT2D eigenvalue weighted by molar-refractivity contribution is 0.296. The summed E-state index contributed by atoms with van der Waals surface area (Å²) in [6.45, 7) is 2.11. The molecule has 1 heterocycles. The fourth-order valence-electron chi connectivity index (χ4n) is 1.65. The summed E-state index contributed by atoms with van der Waals surface area (Å²) in [7, 11) is 0. The fraction of sp³-hybridized carbons (Fsp3) is 0.214. The van der Waals surface area contributed by atoms with Gasteiger partial charge in [-0.15, -0.1) is 0 Å². The average molecular weight is 325 g/mol. The predicted molar refractivity (Wildman–Crippen MR) is 75.3 cm³/mol. The number of nitrogens with zero attached hydrogens (tertiary/aromatic N) is 1. The van der Waals surface area contributed by atoms with Crippen LogP contribution in [-0.2, 0) is 6.61 Å². The van der Waals surface area contributed by atoms with E-state index in [9.17, 15) is 4.39 Å². The molecule has 100 valence electrons. The molecule has 1 aromatic carbocycles. The first-order valence-corrected chi connectivity index (χ1v) is 6.64. The van der Waals surface area contributed by atoms with Crippen LogP contribution in [0.15, 0.2) is 41.0 Å². The van der Waals surface area contributed by atoms with E-state index in [1.165, 1.54) is 12.1 Å². The van der Waals surface area contributed by atoms with Crippen LogP contribution in [0.2, 0.25) is 0 Å². The van der Waals surface area contributed by atoms with Crippen molar-refractivity contribution in [3.63, 3.8) is 0 Å². The highest BCUT2D eigenvalue weighted by atomic mass is 79.9. The number of halogens is 2. The maximum absolute atomic E-state index is 13.2. The van der Waals surface area contributed by atoms with Crippen molar-refractivity contribution in [3.05, 3.63) is 58.1 Å². The number of rotatable bonds is 4. The summed E-state index contributed by atoms with van der Waals surface area (Å²) in [5.41, 5.74) is 7.25. The molecule has 2 N–H and O–H groups in total. The number of pyridine rings is 1. The van der Waals surface area contributed by atoms with Gasteiger partial charge in [0.05, 0.1) is 5.69 Å². The molecule has 2 rings (SSSR count). The Balaban J connectivity index is 2.13. The molecule has 0 bridgehead atoms. The van der Waals surface area contributed by atoms with Gasteiger partial charge in [-0.05, 0) is 53.2 Å². The molecule has 19 heavy (non-hydrogen) atoms. The summed E-state index contributed by atoms with van der Waals surface area (Å²) in [5, 5.41) is 0. The molecular formula is C14H14BrFN2O. The smallest absolute Gasteiger partial charge is 0.130 e. The molecule has 1 atom stereocenters. The molecule has 0 radical (unpaired) electrons. The van der Waals surface area contributed by atoms with Crippen LogP contribution in [0.4, 0.5) is 4.39 Å². The lowest BCUT2D eigenvalue weighted by Gasteiger charge is -2.13. The van der Waals surface area contributed by atoms with E-state index in [1.807, 2.05) is 12.1 Å².